The number of para-hydroxylation sites is 1. The van der Waals surface area contributed by atoms with Crippen molar-refractivity contribution in [2.24, 2.45) is 5.84 Å². The Balaban J connectivity index is 2.31. The Hall–Kier alpha value is -2.43. The number of benzene rings is 2. The summed E-state index contributed by atoms with van der Waals surface area (Å²) in [6.07, 6.45) is 0. The molecule has 1 heterocycles. The van der Waals surface area contributed by atoms with Gasteiger partial charge >= 0.3 is 0 Å². The Kier molecular flexibility index (Phi) is 3.56. The number of halogens is 1. The van der Waals surface area contributed by atoms with Gasteiger partial charge in [-0.3, -0.25) is 10.2 Å². The highest BCUT2D eigenvalue weighted by Gasteiger charge is 2.14. The van der Waals surface area contributed by atoms with E-state index in [0.29, 0.717) is 21.8 Å². The van der Waals surface area contributed by atoms with Gasteiger partial charge in [0, 0.05) is 16.0 Å². The van der Waals surface area contributed by atoms with Gasteiger partial charge < -0.3 is 0 Å². The lowest BCUT2D eigenvalue weighted by atomic mass is 10.0. The maximum atomic E-state index is 12.0. The molecule has 0 bridgehead atoms. The SMILES string of the molecule is NNC(=O)c1cc(-c2ccccc2Cl)nc2ccccc12. The van der Waals surface area contributed by atoms with E-state index in [4.69, 9.17) is 17.4 Å². The van der Waals surface area contributed by atoms with Crippen LogP contribution in [-0.4, -0.2) is 10.9 Å². The molecule has 0 radical (unpaired) electrons. The molecular formula is C16H12ClN3O. The third-order valence-electron chi connectivity index (χ3n) is 3.24. The van der Waals surface area contributed by atoms with Crippen molar-refractivity contribution in [1.82, 2.24) is 10.4 Å². The summed E-state index contributed by atoms with van der Waals surface area (Å²) in [7, 11) is 0. The van der Waals surface area contributed by atoms with E-state index in [9.17, 15) is 4.79 Å². The summed E-state index contributed by atoms with van der Waals surface area (Å²) in [5.41, 5.74) is 4.76. The fraction of sp³-hybridized carbons (Fsp3) is 0. The highest BCUT2D eigenvalue weighted by atomic mass is 35.5. The number of carbonyl (C=O) groups excluding carboxylic acids is 1. The number of nitrogens with two attached hydrogens (primary N) is 1. The van der Waals surface area contributed by atoms with Crippen molar-refractivity contribution < 1.29 is 4.79 Å². The number of fused-ring (bicyclic) bond motifs is 1. The number of carbonyl (C=O) groups is 1. The zero-order valence-electron chi connectivity index (χ0n) is 11.0. The quantitative estimate of drug-likeness (QED) is 0.434. The van der Waals surface area contributed by atoms with Crippen LogP contribution in [0.1, 0.15) is 10.4 Å². The third kappa shape index (κ3) is 2.46. The normalized spacial score (nSPS) is 10.6. The molecule has 21 heavy (non-hydrogen) atoms. The molecule has 1 aromatic heterocycles. The average molecular weight is 298 g/mol. The summed E-state index contributed by atoms with van der Waals surface area (Å²) >= 11 is 6.21. The molecule has 3 aromatic rings. The highest BCUT2D eigenvalue weighted by Crippen LogP contribution is 2.29. The molecule has 0 saturated carbocycles. The lowest BCUT2D eigenvalue weighted by molar-refractivity contribution is 0.0955. The van der Waals surface area contributed by atoms with Crippen LogP contribution in [-0.2, 0) is 0 Å². The van der Waals surface area contributed by atoms with Gasteiger partial charge in [0.2, 0.25) is 0 Å². The first-order valence-corrected chi connectivity index (χ1v) is 6.74. The van der Waals surface area contributed by atoms with E-state index in [1.165, 1.54) is 0 Å². The molecule has 0 atom stereocenters. The van der Waals surface area contributed by atoms with E-state index in [0.717, 1.165) is 10.9 Å². The summed E-state index contributed by atoms with van der Waals surface area (Å²) in [5.74, 6) is 4.91. The minimum Gasteiger partial charge on any atom is -0.290 e. The molecule has 0 aliphatic heterocycles. The summed E-state index contributed by atoms with van der Waals surface area (Å²) in [5, 5.41) is 1.33. The molecule has 0 fully saturated rings. The van der Waals surface area contributed by atoms with E-state index in [-0.39, 0.29) is 5.91 Å². The van der Waals surface area contributed by atoms with E-state index < -0.39 is 0 Å². The number of hydrogen-bond acceptors (Lipinski definition) is 3. The van der Waals surface area contributed by atoms with Gasteiger partial charge in [0.05, 0.1) is 16.8 Å². The molecule has 3 rings (SSSR count). The molecular weight excluding hydrogens is 286 g/mol. The van der Waals surface area contributed by atoms with Gasteiger partial charge in [-0.1, -0.05) is 48.0 Å². The number of hydrogen-bond donors (Lipinski definition) is 2. The fourth-order valence-electron chi connectivity index (χ4n) is 2.25. The topological polar surface area (TPSA) is 68.0 Å². The summed E-state index contributed by atoms with van der Waals surface area (Å²) < 4.78 is 0. The second kappa shape index (κ2) is 5.52. The van der Waals surface area contributed by atoms with Crippen LogP contribution in [0, 0.1) is 0 Å². The van der Waals surface area contributed by atoms with Gasteiger partial charge in [0.25, 0.3) is 5.91 Å². The maximum Gasteiger partial charge on any atom is 0.265 e. The first-order chi connectivity index (χ1) is 10.2. The van der Waals surface area contributed by atoms with Crippen LogP contribution in [0.5, 0.6) is 0 Å². The predicted octanol–water partition coefficient (Wildman–Crippen LogP) is 3.16. The molecule has 0 aliphatic carbocycles. The number of nitrogen functional groups attached to an aromatic ring is 1. The summed E-state index contributed by atoms with van der Waals surface area (Å²) in [4.78, 5) is 16.6. The largest absolute Gasteiger partial charge is 0.290 e. The first-order valence-electron chi connectivity index (χ1n) is 6.36. The van der Waals surface area contributed by atoms with Crippen molar-refractivity contribution in [1.29, 1.82) is 0 Å². The van der Waals surface area contributed by atoms with Gasteiger partial charge in [-0.15, -0.1) is 0 Å². The van der Waals surface area contributed by atoms with Crippen molar-refractivity contribution in [2.45, 2.75) is 0 Å². The molecule has 0 unspecified atom stereocenters. The van der Waals surface area contributed by atoms with Gasteiger partial charge in [0.15, 0.2) is 0 Å². The van der Waals surface area contributed by atoms with Crippen LogP contribution >= 0.6 is 11.6 Å². The lowest BCUT2D eigenvalue weighted by Gasteiger charge is -2.09. The van der Waals surface area contributed by atoms with Crippen molar-refractivity contribution in [3.63, 3.8) is 0 Å². The lowest BCUT2D eigenvalue weighted by Crippen LogP contribution is -2.30. The molecule has 104 valence electrons. The van der Waals surface area contributed by atoms with E-state index in [1.54, 1.807) is 12.1 Å². The second-order valence-corrected chi connectivity index (χ2v) is 4.93. The summed E-state index contributed by atoms with van der Waals surface area (Å²) in [6, 6.07) is 16.5. The monoisotopic (exact) mass is 297 g/mol. The second-order valence-electron chi connectivity index (χ2n) is 4.53. The van der Waals surface area contributed by atoms with Crippen LogP contribution in [0.15, 0.2) is 54.6 Å². The Labute approximate surface area is 126 Å². The predicted molar refractivity (Wildman–Crippen MR) is 83.8 cm³/mol. The Bertz CT molecular complexity index is 833. The number of nitrogens with one attached hydrogen (secondary N) is 1. The van der Waals surface area contributed by atoms with Crippen LogP contribution < -0.4 is 11.3 Å². The van der Waals surface area contributed by atoms with Crippen molar-refractivity contribution in [2.75, 3.05) is 0 Å². The molecule has 1 amide bonds. The third-order valence-corrected chi connectivity index (χ3v) is 3.57. The Morgan fingerprint density at radius 1 is 1.10 bits per heavy atom. The fourth-order valence-corrected chi connectivity index (χ4v) is 2.48. The Morgan fingerprint density at radius 2 is 1.81 bits per heavy atom. The van der Waals surface area contributed by atoms with Gasteiger partial charge in [0.1, 0.15) is 0 Å². The standard InChI is InChI=1S/C16H12ClN3O/c17-13-7-3-1-6-11(13)15-9-12(16(21)20-18)10-5-2-4-8-14(10)19-15/h1-9H,18H2,(H,20,21). The smallest absolute Gasteiger partial charge is 0.265 e. The van der Waals surface area contributed by atoms with E-state index in [2.05, 4.69) is 10.4 Å². The maximum absolute atomic E-state index is 12.0. The Morgan fingerprint density at radius 3 is 2.57 bits per heavy atom. The molecule has 4 nitrogen and oxygen atoms in total. The van der Waals surface area contributed by atoms with Crippen molar-refractivity contribution >= 4 is 28.4 Å². The van der Waals surface area contributed by atoms with Crippen LogP contribution in [0.25, 0.3) is 22.2 Å². The number of amides is 1. The molecule has 0 spiro atoms. The van der Waals surface area contributed by atoms with Crippen LogP contribution in [0.3, 0.4) is 0 Å². The molecule has 2 aromatic carbocycles. The minimum atomic E-state index is -0.359. The van der Waals surface area contributed by atoms with Gasteiger partial charge in [-0.2, -0.15) is 0 Å². The van der Waals surface area contributed by atoms with E-state index >= 15 is 0 Å². The summed E-state index contributed by atoms with van der Waals surface area (Å²) in [6.45, 7) is 0. The zero-order chi connectivity index (χ0) is 14.8. The average Bonchev–Trinajstić information content (AvgIpc) is 2.53. The number of hydrazine groups is 1. The van der Waals surface area contributed by atoms with Crippen molar-refractivity contribution in [3.05, 3.63) is 65.2 Å². The first kappa shape index (κ1) is 13.5. The number of rotatable bonds is 2. The number of nitrogens with zero attached hydrogens (tertiary/aromatic N) is 1. The van der Waals surface area contributed by atoms with Gasteiger partial charge in [-0.05, 0) is 18.2 Å². The van der Waals surface area contributed by atoms with Crippen molar-refractivity contribution in [3.8, 4) is 11.3 Å². The van der Waals surface area contributed by atoms with Crippen LogP contribution in [0.2, 0.25) is 5.02 Å². The number of aromatic nitrogens is 1. The molecule has 5 heteroatoms. The highest BCUT2D eigenvalue weighted by molar-refractivity contribution is 6.33. The molecule has 3 N–H and O–H groups in total. The zero-order valence-corrected chi connectivity index (χ0v) is 11.8. The van der Waals surface area contributed by atoms with E-state index in [1.807, 2.05) is 42.5 Å². The molecule has 0 saturated heterocycles. The van der Waals surface area contributed by atoms with Gasteiger partial charge in [-0.25, -0.2) is 10.8 Å². The van der Waals surface area contributed by atoms with Crippen LogP contribution in [0.4, 0.5) is 0 Å². The number of pyridine rings is 1. The molecule has 0 aliphatic rings. The minimum absolute atomic E-state index is 0.359.